The van der Waals surface area contributed by atoms with Gasteiger partial charge in [-0.25, -0.2) is 0 Å². The van der Waals surface area contributed by atoms with Gasteiger partial charge in [-0.2, -0.15) is 0 Å². The predicted octanol–water partition coefficient (Wildman–Crippen LogP) is 5.34. The van der Waals surface area contributed by atoms with Gasteiger partial charge in [-0.1, -0.05) is 47.5 Å². The molecule has 0 radical (unpaired) electrons. The van der Waals surface area contributed by atoms with E-state index in [1.165, 1.54) is 0 Å². The molecule has 0 saturated carbocycles. The van der Waals surface area contributed by atoms with E-state index in [1.54, 1.807) is 12.1 Å². The first kappa shape index (κ1) is 21.8. The van der Waals surface area contributed by atoms with Gasteiger partial charge in [0.1, 0.15) is 30.8 Å². The molecule has 1 heterocycles. The van der Waals surface area contributed by atoms with E-state index in [0.29, 0.717) is 35.5 Å². The minimum atomic E-state index is -0.646. The molecule has 0 bridgehead atoms. The lowest BCUT2D eigenvalue weighted by Crippen LogP contribution is -2.33. The summed E-state index contributed by atoms with van der Waals surface area (Å²) in [5, 5.41) is 16.6. The molecule has 4 aromatic rings. The monoisotopic (exact) mass is 458 g/mol. The first-order valence-electron chi connectivity index (χ1n) is 10.1. The highest BCUT2D eigenvalue weighted by Gasteiger charge is 2.11. The van der Waals surface area contributed by atoms with Crippen LogP contribution in [0.1, 0.15) is 5.56 Å². The van der Waals surface area contributed by atoms with Crippen LogP contribution in [-0.2, 0) is 0 Å². The van der Waals surface area contributed by atoms with Crippen LogP contribution in [-0.4, -0.2) is 42.5 Å². The number of aromatic amines is 1. The van der Waals surface area contributed by atoms with Crippen molar-refractivity contribution in [1.29, 1.82) is 0 Å². The van der Waals surface area contributed by atoms with Gasteiger partial charge in [0.15, 0.2) is 0 Å². The van der Waals surface area contributed by atoms with Crippen LogP contribution >= 0.6 is 23.2 Å². The molecule has 31 heavy (non-hydrogen) atoms. The van der Waals surface area contributed by atoms with Crippen LogP contribution in [0, 0.1) is 6.92 Å². The smallest absolute Gasteiger partial charge is 0.129 e. The number of para-hydroxylation sites is 1. The molecule has 7 heteroatoms. The van der Waals surface area contributed by atoms with Crippen LogP contribution in [0.4, 0.5) is 0 Å². The first-order chi connectivity index (χ1) is 15.0. The fraction of sp³-hybridized carbons (Fsp3) is 0.250. The molecule has 162 valence electrons. The van der Waals surface area contributed by atoms with Crippen LogP contribution in [0.3, 0.4) is 0 Å². The molecule has 0 amide bonds. The molecule has 0 aliphatic carbocycles. The second kappa shape index (κ2) is 9.79. The summed E-state index contributed by atoms with van der Waals surface area (Å²) in [6, 6.07) is 17.5. The van der Waals surface area contributed by atoms with Crippen molar-refractivity contribution >= 4 is 45.0 Å². The number of aromatic nitrogens is 1. The number of H-pyrrole nitrogens is 1. The molecule has 0 fully saturated rings. The average molecular weight is 459 g/mol. The highest BCUT2D eigenvalue weighted by molar-refractivity contribution is 6.42. The lowest BCUT2D eigenvalue weighted by atomic mass is 10.1. The standard InChI is InChI=1S/C24H24Cl2N2O3/c1-15-11-18(25)19(26)12-23(15)30-10-9-27-13-16(29)14-31-22-8-4-7-21-24(22)17-5-2-3-6-20(17)28-21/h2-8,11-12,16,27-29H,9-10,13-14H2,1H3. The zero-order valence-corrected chi connectivity index (χ0v) is 18.6. The lowest BCUT2D eigenvalue weighted by molar-refractivity contribution is 0.106. The molecular formula is C24H24Cl2N2O3. The average Bonchev–Trinajstić information content (AvgIpc) is 3.14. The number of nitrogens with one attached hydrogen (secondary N) is 2. The second-order valence-corrected chi connectivity index (χ2v) is 8.21. The molecule has 4 rings (SSSR count). The van der Waals surface area contributed by atoms with E-state index in [9.17, 15) is 5.11 Å². The second-order valence-electron chi connectivity index (χ2n) is 7.40. The highest BCUT2D eigenvalue weighted by atomic mass is 35.5. The van der Waals surface area contributed by atoms with E-state index < -0.39 is 6.10 Å². The fourth-order valence-electron chi connectivity index (χ4n) is 3.52. The predicted molar refractivity (Wildman–Crippen MR) is 127 cm³/mol. The van der Waals surface area contributed by atoms with Gasteiger partial charge in [0.05, 0.1) is 15.6 Å². The van der Waals surface area contributed by atoms with Crippen molar-refractivity contribution in [3.63, 3.8) is 0 Å². The highest BCUT2D eigenvalue weighted by Crippen LogP contribution is 2.33. The van der Waals surface area contributed by atoms with Gasteiger partial charge in [0.25, 0.3) is 0 Å². The summed E-state index contributed by atoms with van der Waals surface area (Å²) >= 11 is 12.0. The molecule has 1 aromatic heterocycles. The Morgan fingerprint density at radius 3 is 2.61 bits per heavy atom. The maximum absolute atomic E-state index is 10.3. The van der Waals surface area contributed by atoms with Crippen molar-refractivity contribution in [2.45, 2.75) is 13.0 Å². The SMILES string of the molecule is Cc1cc(Cl)c(Cl)cc1OCCNCC(O)COc1cccc2[nH]c3ccccc3c12. The Kier molecular flexibility index (Phi) is 6.88. The molecule has 1 unspecified atom stereocenters. The molecule has 0 spiro atoms. The van der Waals surface area contributed by atoms with Crippen molar-refractivity contribution in [3.05, 3.63) is 70.2 Å². The Labute approximate surface area is 190 Å². The largest absolute Gasteiger partial charge is 0.492 e. The van der Waals surface area contributed by atoms with Crippen LogP contribution in [0.2, 0.25) is 10.0 Å². The number of aliphatic hydroxyl groups is 1. The van der Waals surface area contributed by atoms with E-state index in [1.807, 2.05) is 43.3 Å². The number of fused-ring (bicyclic) bond motifs is 3. The minimum Gasteiger partial charge on any atom is -0.492 e. The van der Waals surface area contributed by atoms with E-state index in [-0.39, 0.29) is 6.61 Å². The zero-order valence-electron chi connectivity index (χ0n) is 17.1. The minimum absolute atomic E-state index is 0.193. The van der Waals surface area contributed by atoms with Crippen LogP contribution in [0.25, 0.3) is 21.8 Å². The molecule has 3 N–H and O–H groups in total. The van der Waals surface area contributed by atoms with Gasteiger partial charge in [-0.05, 0) is 36.8 Å². The van der Waals surface area contributed by atoms with Crippen LogP contribution < -0.4 is 14.8 Å². The van der Waals surface area contributed by atoms with Crippen molar-refractivity contribution < 1.29 is 14.6 Å². The lowest BCUT2D eigenvalue weighted by Gasteiger charge is -2.15. The number of hydrogen-bond acceptors (Lipinski definition) is 4. The normalized spacial score (nSPS) is 12.4. The third-order valence-corrected chi connectivity index (χ3v) is 5.78. The van der Waals surface area contributed by atoms with Crippen LogP contribution in [0.5, 0.6) is 11.5 Å². The molecule has 3 aromatic carbocycles. The summed E-state index contributed by atoms with van der Waals surface area (Å²) in [4.78, 5) is 3.39. The molecule has 0 saturated heterocycles. The Bertz CT molecular complexity index is 1190. The van der Waals surface area contributed by atoms with Crippen molar-refractivity contribution in [2.24, 2.45) is 0 Å². The first-order valence-corrected chi connectivity index (χ1v) is 10.9. The molecular weight excluding hydrogens is 435 g/mol. The summed E-state index contributed by atoms with van der Waals surface area (Å²) in [7, 11) is 0. The number of rotatable bonds is 9. The van der Waals surface area contributed by atoms with Crippen LogP contribution in [0.15, 0.2) is 54.6 Å². The van der Waals surface area contributed by atoms with E-state index >= 15 is 0 Å². The third kappa shape index (κ3) is 5.08. The van der Waals surface area contributed by atoms with Crippen molar-refractivity contribution in [3.8, 4) is 11.5 Å². The number of halogens is 2. The topological polar surface area (TPSA) is 66.5 Å². The number of hydrogen-bond donors (Lipinski definition) is 3. The van der Waals surface area contributed by atoms with E-state index in [0.717, 1.165) is 33.1 Å². The van der Waals surface area contributed by atoms with E-state index in [2.05, 4.69) is 16.4 Å². The zero-order chi connectivity index (χ0) is 21.8. The van der Waals surface area contributed by atoms with Gasteiger partial charge in [-0.15, -0.1) is 0 Å². The summed E-state index contributed by atoms with van der Waals surface area (Å²) < 4.78 is 11.7. The Hall–Kier alpha value is -2.44. The summed E-state index contributed by atoms with van der Waals surface area (Å²) in [6.07, 6.45) is -0.646. The summed E-state index contributed by atoms with van der Waals surface area (Å²) in [6.45, 7) is 3.53. The van der Waals surface area contributed by atoms with Gasteiger partial charge in [0, 0.05) is 35.4 Å². The number of ether oxygens (including phenoxy) is 2. The fourth-order valence-corrected chi connectivity index (χ4v) is 3.89. The van der Waals surface area contributed by atoms with Gasteiger partial charge >= 0.3 is 0 Å². The maximum Gasteiger partial charge on any atom is 0.129 e. The maximum atomic E-state index is 10.3. The molecule has 5 nitrogen and oxygen atoms in total. The third-order valence-electron chi connectivity index (χ3n) is 5.06. The number of aryl methyl sites for hydroxylation is 1. The summed E-state index contributed by atoms with van der Waals surface area (Å²) in [5.74, 6) is 1.46. The number of aliphatic hydroxyl groups excluding tert-OH is 1. The molecule has 0 aliphatic rings. The van der Waals surface area contributed by atoms with Gasteiger partial charge < -0.3 is 24.9 Å². The Morgan fingerprint density at radius 2 is 1.74 bits per heavy atom. The quantitative estimate of drug-likeness (QED) is 0.296. The van der Waals surface area contributed by atoms with Crippen molar-refractivity contribution in [1.82, 2.24) is 10.3 Å². The van der Waals surface area contributed by atoms with E-state index in [4.69, 9.17) is 32.7 Å². The molecule has 0 aliphatic heterocycles. The van der Waals surface area contributed by atoms with Gasteiger partial charge in [0.2, 0.25) is 0 Å². The van der Waals surface area contributed by atoms with Crippen molar-refractivity contribution in [2.75, 3.05) is 26.3 Å². The van der Waals surface area contributed by atoms with Gasteiger partial charge in [-0.3, -0.25) is 0 Å². The number of benzene rings is 3. The summed E-state index contributed by atoms with van der Waals surface area (Å²) in [5.41, 5.74) is 3.00. The Balaban J connectivity index is 1.26. The molecule has 1 atom stereocenters. The Morgan fingerprint density at radius 1 is 0.968 bits per heavy atom.